The van der Waals surface area contributed by atoms with E-state index in [1.807, 2.05) is 0 Å². The van der Waals surface area contributed by atoms with Gasteiger partial charge >= 0.3 is 48.1 Å². The van der Waals surface area contributed by atoms with Crippen LogP contribution in [0.2, 0.25) is 0 Å². The van der Waals surface area contributed by atoms with Gasteiger partial charge in [0.05, 0.1) is 0 Å². The van der Waals surface area contributed by atoms with E-state index >= 15 is 0 Å². The molecule has 0 heterocycles. The molecule has 19 heteroatoms. The summed E-state index contributed by atoms with van der Waals surface area (Å²) in [6.07, 6.45) is -17.1. The average Bonchev–Trinajstić information content (AvgIpc) is 2.50. The molecule has 0 spiro atoms. The standard InChI is InChI=1S/C10HF16NO2/c11-1(3(13)14)7(19,20)27(8(21,22)2(12)4(15)16)9(23,10(24,25)26)6(17,18)5(28)29/h(H,28,29). The summed E-state index contributed by atoms with van der Waals surface area (Å²) in [5.41, 5.74) is 0. The minimum Gasteiger partial charge on any atom is -0.477 e. The summed E-state index contributed by atoms with van der Waals surface area (Å²) in [5.74, 6) is -29.9. The average molecular weight is 471 g/mol. The van der Waals surface area contributed by atoms with E-state index in [1.165, 1.54) is 0 Å². The quantitative estimate of drug-likeness (QED) is 0.390. The highest BCUT2D eigenvalue weighted by molar-refractivity contribution is 5.77. The first-order chi connectivity index (χ1) is 12.5. The van der Waals surface area contributed by atoms with E-state index < -0.39 is 64.7 Å². The van der Waals surface area contributed by atoms with Gasteiger partial charge in [0.1, 0.15) is 0 Å². The normalized spacial score (nSPS) is 15.8. The maximum atomic E-state index is 14.1. The van der Waals surface area contributed by atoms with Gasteiger partial charge in [-0.3, -0.25) is 0 Å². The Morgan fingerprint density at radius 1 is 0.621 bits per heavy atom. The monoisotopic (exact) mass is 471 g/mol. The molecule has 0 aromatic carbocycles. The van der Waals surface area contributed by atoms with Gasteiger partial charge in [-0.2, -0.15) is 65.9 Å². The zero-order valence-electron chi connectivity index (χ0n) is 12.4. The molecule has 0 radical (unpaired) electrons. The Bertz CT molecular complexity index is 680. The fraction of sp³-hybridized carbons (Fsp3) is 0.500. The third kappa shape index (κ3) is 4.08. The highest BCUT2D eigenvalue weighted by Crippen LogP contribution is 2.57. The van der Waals surface area contributed by atoms with Crippen LogP contribution in [0.15, 0.2) is 23.8 Å². The van der Waals surface area contributed by atoms with E-state index in [1.54, 1.807) is 0 Å². The zero-order chi connectivity index (χ0) is 24.0. The molecule has 1 atom stereocenters. The highest BCUT2D eigenvalue weighted by atomic mass is 19.4. The fourth-order valence-electron chi connectivity index (χ4n) is 1.57. The third-order valence-corrected chi connectivity index (χ3v) is 2.79. The summed E-state index contributed by atoms with van der Waals surface area (Å²) in [6.45, 7) is 0. The van der Waals surface area contributed by atoms with Crippen molar-refractivity contribution in [2.45, 2.75) is 30.0 Å². The Morgan fingerprint density at radius 3 is 1.07 bits per heavy atom. The fourth-order valence-corrected chi connectivity index (χ4v) is 1.57. The summed E-state index contributed by atoms with van der Waals surface area (Å²) < 4.78 is 206. The SMILES string of the molecule is O=C(O)C(F)(F)C(F)(N(C(F)(F)C(F)=C(F)F)C(F)(F)C(F)=C(F)F)C(F)(F)F. The summed E-state index contributed by atoms with van der Waals surface area (Å²) in [4.78, 5) is 5.75. The van der Waals surface area contributed by atoms with Crippen LogP contribution in [0.5, 0.6) is 0 Å². The van der Waals surface area contributed by atoms with E-state index in [2.05, 4.69) is 0 Å². The molecule has 0 aromatic rings. The van der Waals surface area contributed by atoms with E-state index in [0.29, 0.717) is 0 Å². The smallest absolute Gasteiger partial charge is 0.444 e. The molecular weight excluding hydrogens is 470 g/mol. The molecule has 0 amide bonds. The molecule has 0 saturated carbocycles. The number of carboxylic acid groups (broad SMARTS) is 1. The largest absolute Gasteiger partial charge is 0.477 e. The number of rotatable bonds is 7. The van der Waals surface area contributed by atoms with E-state index in [-0.39, 0.29) is 0 Å². The number of halogens is 16. The molecule has 1 unspecified atom stereocenters. The zero-order valence-corrected chi connectivity index (χ0v) is 12.4. The number of alkyl halides is 10. The van der Waals surface area contributed by atoms with Crippen molar-refractivity contribution in [2.75, 3.05) is 0 Å². The summed E-state index contributed by atoms with van der Waals surface area (Å²) >= 11 is 0. The van der Waals surface area contributed by atoms with Crippen molar-refractivity contribution >= 4 is 5.97 Å². The van der Waals surface area contributed by atoms with Gasteiger partial charge in [-0.05, 0) is 0 Å². The highest BCUT2D eigenvalue weighted by Gasteiger charge is 2.86. The molecule has 0 aliphatic carbocycles. The molecule has 3 nitrogen and oxygen atoms in total. The first kappa shape index (κ1) is 26.8. The van der Waals surface area contributed by atoms with Crippen LogP contribution in [0.4, 0.5) is 70.2 Å². The van der Waals surface area contributed by atoms with Crippen molar-refractivity contribution in [1.82, 2.24) is 4.90 Å². The predicted octanol–water partition coefficient (Wildman–Crippen LogP) is 5.58. The number of carbonyl (C=O) groups is 1. The van der Waals surface area contributed by atoms with Crippen LogP contribution in [-0.2, 0) is 4.79 Å². The summed E-state index contributed by atoms with van der Waals surface area (Å²) in [5, 5.41) is 7.90. The van der Waals surface area contributed by atoms with Crippen LogP contribution in [0, 0.1) is 0 Å². The lowest BCUT2D eigenvalue weighted by Gasteiger charge is -2.45. The van der Waals surface area contributed by atoms with Crippen molar-refractivity contribution in [2.24, 2.45) is 0 Å². The second-order valence-corrected chi connectivity index (χ2v) is 4.57. The van der Waals surface area contributed by atoms with E-state index in [0.717, 1.165) is 0 Å². The summed E-state index contributed by atoms with van der Waals surface area (Å²) in [6, 6.07) is -15.3. The maximum absolute atomic E-state index is 14.1. The molecule has 0 aromatic heterocycles. The van der Waals surface area contributed by atoms with Gasteiger partial charge in [-0.15, -0.1) is 4.90 Å². The predicted molar refractivity (Wildman–Crippen MR) is 54.9 cm³/mol. The third-order valence-electron chi connectivity index (χ3n) is 2.79. The van der Waals surface area contributed by atoms with Gasteiger partial charge in [0.25, 0.3) is 11.7 Å². The summed E-state index contributed by atoms with van der Waals surface area (Å²) in [7, 11) is 0. The van der Waals surface area contributed by atoms with Gasteiger partial charge in [-0.25, -0.2) is 9.18 Å². The van der Waals surface area contributed by atoms with E-state index in [9.17, 15) is 75.0 Å². The van der Waals surface area contributed by atoms with Gasteiger partial charge in [0.15, 0.2) is 0 Å². The Balaban J connectivity index is 7.70. The van der Waals surface area contributed by atoms with Crippen LogP contribution in [-0.4, -0.2) is 46.0 Å². The number of carboxylic acids is 1. The molecule has 0 fully saturated rings. The first-order valence-corrected chi connectivity index (χ1v) is 5.87. The lowest BCUT2D eigenvalue weighted by molar-refractivity contribution is -0.426. The number of hydrogen-bond donors (Lipinski definition) is 1. The van der Waals surface area contributed by atoms with Crippen LogP contribution in [0.3, 0.4) is 0 Å². The lowest BCUT2D eigenvalue weighted by Crippen LogP contribution is -2.76. The van der Waals surface area contributed by atoms with Gasteiger partial charge < -0.3 is 5.11 Å². The second-order valence-electron chi connectivity index (χ2n) is 4.57. The molecule has 0 rings (SSSR count). The topological polar surface area (TPSA) is 40.5 Å². The first-order valence-electron chi connectivity index (χ1n) is 5.87. The van der Waals surface area contributed by atoms with Crippen molar-refractivity contribution in [3.63, 3.8) is 0 Å². The van der Waals surface area contributed by atoms with E-state index in [4.69, 9.17) is 5.11 Å². The Morgan fingerprint density at radius 2 is 0.897 bits per heavy atom. The Hall–Kier alpha value is -2.21. The second kappa shape index (κ2) is 7.56. The molecule has 1 N–H and O–H groups in total. The number of hydrogen-bond acceptors (Lipinski definition) is 2. The van der Waals surface area contributed by atoms with Crippen molar-refractivity contribution in [3.05, 3.63) is 23.8 Å². The van der Waals surface area contributed by atoms with Gasteiger partial charge in [0, 0.05) is 0 Å². The molecule has 29 heavy (non-hydrogen) atoms. The Kier molecular flexibility index (Phi) is 6.98. The Labute approximate surface area is 146 Å². The molecular formula is C10HF16NO2. The molecule has 170 valence electrons. The van der Waals surface area contributed by atoms with Crippen molar-refractivity contribution < 1.29 is 80.1 Å². The number of nitrogens with zero attached hydrogens (tertiary/aromatic N) is 1. The molecule has 0 bridgehead atoms. The van der Waals surface area contributed by atoms with Gasteiger partial charge in [-0.1, -0.05) is 0 Å². The van der Waals surface area contributed by atoms with Crippen molar-refractivity contribution in [3.8, 4) is 0 Å². The maximum Gasteiger partial charge on any atom is 0.444 e. The van der Waals surface area contributed by atoms with Crippen LogP contribution < -0.4 is 0 Å². The minimum atomic E-state index is -8.14. The molecule has 0 aliphatic heterocycles. The molecule has 0 saturated heterocycles. The minimum absolute atomic E-state index is 4.41. The van der Waals surface area contributed by atoms with Crippen LogP contribution >= 0.6 is 0 Å². The number of aliphatic carboxylic acids is 1. The molecule has 0 aliphatic rings. The van der Waals surface area contributed by atoms with Crippen molar-refractivity contribution in [1.29, 1.82) is 0 Å². The van der Waals surface area contributed by atoms with Crippen LogP contribution in [0.1, 0.15) is 0 Å². The van der Waals surface area contributed by atoms with Crippen LogP contribution in [0.25, 0.3) is 0 Å². The van der Waals surface area contributed by atoms with Gasteiger partial charge in [0.2, 0.25) is 0 Å². The lowest BCUT2D eigenvalue weighted by atomic mass is 10.0.